The van der Waals surface area contributed by atoms with E-state index in [1.165, 1.54) is 19.2 Å². The largest absolute Gasteiger partial charge is 0.494 e. The van der Waals surface area contributed by atoms with Gasteiger partial charge in [0, 0.05) is 6.42 Å². The van der Waals surface area contributed by atoms with E-state index in [9.17, 15) is 9.50 Å². The molecule has 0 bridgehead atoms. The summed E-state index contributed by atoms with van der Waals surface area (Å²) in [5.41, 5.74) is 1.50. The molecule has 0 aliphatic carbocycles. The van der Waals surface area contributed by atoms with Gasteiger partial charge in [-0.05, 0) is 29.3 Å². The standard InChI is InChI=1S/C13H13FO3/c1-16-13-7-10(2-3-11(13)14)12(15)6-9-4-5-17-8-9/h2-5,7-8,12,15H,6H2,1H3. The zero-order valence-corrected chi connectivity index (χ0v) is 9.39. The Morgan fingerprint density at radius 1 is 1.41 bits per heavy atom. The smallest absolute Gasteiger partial charge is 0.165 e. The van der Waals surface area contributed by atoms with Crippen LogP contribution in [0.25, 0.3) is 0 Å². The minimum absolute atomic E-state index is 0.133. The predicted octanol–water partition coefficient (Wildman–Crippen LogP) is 2.70. The van der Waals surface area contributed by atoms with Gasteiger partial charge in [0.1, 0.15) is 0 Å². The van der Waals surface area contributed by atoms with Gasteiger partial charge in [-0.3, -0.25) is 0 Å². The third-order valence-electron chi connectivity index (χ3n) is 2.57. The number of halogens is 1. The first-order chi connectivity index (χ1) is 8.20. The molecular weight excluding hydrogens is 223 g/mol. The molecule has 1 aromatic carbocycles. The number of aliphatic hydroxyl groups excluding tert-OH is 1. The second-order valence-electron chi connectivity index (χ2n) is 3.75. The first-order valence-corrected chi connectivity index (χ1v) is 5.23. The Labute approximate surface area is 98.5 Å². The highest BCUT2D eigenvalue weighted by atomic mass is 19.1. The fraction of sp³-hybridized carbons (Fsp3) is 0.231. The Bertz CT molecular complexity index is 479. The van der Waals surface area contributed by atoms with Crippen molar-refractivity contribution in [2.45, 2.75) is 12.5 Å². The molecule has 1 heterocycles. The van der Waals surface area contributed by atoms with E-state index in [2.05, 4.69) is 0 Å². The number of methoxy groups -OCH3 is 1. The average Bonchev–Trinajstić information content (AvgIpc) is 2.82. The molecular formula is C13H13FO3. The average molecular weight is 236 g/mol. The second-order valence-corrected chi connectivity index (χ2v) is 3.75. The molecule has 90 valence electrons. The second kappa shape index (κ2) is 5.01. The molecule has 1 aromatic heterocycles. The fourth-order valence-corrected chi connectivity index (χ4v) is 1.63. The highest BCUT2D eigenvalue weighted by molar-refractivity contribution is 5.32. The molecule has 0 aliphatic rings. The molecule has 1 unspecified atom stereocenters. The molecule has 0 saturated heterocycles. The number of hydrogen-bond acceptors (Lipinski definition) is 3. The van der Waals surface area contributed by atoms with Crippen LogP contribution in [0.4, 0.5) is 4.39 Å². The van der Waals surface area contributed by atoms with Crippen LogP contribution in [0.15, 0.2) is 41.2 Å². The van der Waals surface area contributed by atoms with Crippen LogP contribution >= 0.6 is 0 Å². The van der Waals surface area contributed by atoms with E-state index in [0.717, 1.165) is 5.56 Å². The van der Waals surface area contributed by atoms with Gasteiger partial charge >= 0.3 is 0 Å². The van der Waals surface area contributed by atoms with Crippen molar-refractivity contribution in [3.63, 3.8) is 0 Å². The molecule has 0 aliphatic heterocycles. The fourth-order valence-electron chi connectivity index (χ4n) is 1.63. The molecule has 1 N–H and O–H groups in total. The maximum absolute atomic E-state index is 13.2. The van der Waals surface area contributed by atoms with E-state index < -0.39 is 11.9 Å². The summed E-state index contributed by atoms with van der Waals surface area (Å²) in [6.07, 6.45) is 2.84. The number of ether oxygens (including phenoxy) is 1. The van der Waals surface area contributed by atoms with Gasteiger partial charge in [-0.25, -0.2) is 4.39 Å². The van der Waals surface area contributed by atoms with Gasteiger partial charge in [-0.1, -0.05) is 6.07 Å². The van der Waals surface area contributed by atoms with E-state index in [1.807, 2.05) is 0 Å². The molecule has 0 fully saturated rings. The number of aliphatic hydroxyl groups is 1. The summed E-state index contributed by atoms with van der Waals surface area (Å²) < 4.78 is 23.0. The quantitative estimate of drug-likeness (QED) is 0.887. The van der Waals surface area contributed by atoms with E-state index in [-0.39, 0.29) is 5.75 Å². The highest BCUT2D eigenvalue weighted by Gasteiger charge is 2.12. The molecule has 0 amide bonds. The zero-order valence-electron chi connectivity index (χ0n) is 9.39. The van der Waals surface area contributed by atoms with Crippen LogP contribution in [0.3, 0.4) is 0 Å². The molecule has 17 heavy (non-hydrogen) atoms. The summed E-state index contributed by atoms with van der Waals surface area (Å²) in [4.78, 5) is 0. The van der Waals surface area contributed by atoms with E-state index in [0.29, 0.717) is 12.0 Å². The molecule has 0 spiro atoms. The van der Waals surface area contributed by atoms with Gasteiger partial charge in [-0.2, -0.15) is 0 Å². The maximum Gasteiger partial charge on any atom is 0.165 e. The topological polar surface area (TPSA) is 42.6 Å². The summed E-state index contributed by atoms with van der Waals surface area (Å²) in [5, 5.41) is 9.98. The molecule has 2 aromatic rings. The van der Waals surface area contributed by atoms with Gasteiger partial charge < -0.3 is 14.3 Å². The number of furan rings is 1. The van der Waals surface area contributed by atoms with Crippen LogP contribution in [-0.4, -0.2) is 12.2 Å². The Morgan fingerprint density at radius 2 is 2.24 bits per heavy atom. The van der Waals surface area contributed by atoms with Crippen LogP contribution in [0.1, 0.15) is 17.2 Å². The van der Waals surface area contributed by atoms with Crippen molar-refractivity contribution in [3.05, 3.63) is 53.7 Å². The Kier molecular flexibility index (Phi) is 3.44. The van der Waals surface area contributed by atoms with E-state index >= 15 is 0 Å². The van der Waals surface area contributed by atoms with Crippen molar-refractivity contribution in [2.24, 2.45) is 0 Å². The van der Waals surface area contributed by atoms with Crippen molar-refractivity contribution in [3.8, 4) is 5.75 Å². The minimum Gasteiger partial charge on any atom is -0.494 e. The Hall–Kier alpha value is -1.81. The first kappa shape index (κ1) is 11.7. The summed E-state index contributed by atoms with van der Waals surface area (Å²) in [7, 11) is 1.39. The number of benzene rings is 1. The van der Waals surface area contributed by atoms with E-state index in [4.69, 9.17) is 9.15 Å². The monoisotopic (exact) mass is 236 g/mol. The maximum atomic E-state index is 13.2. The van der Waals surface area contributed by atoms with Gasteiger partial charge in [0.2, 0.25) is 0 Å². The summed E-state index contributed by atoms with van der Waals surface area (Å²) in [6.45, 7) is 0. The molecule has 2 rings (SSSR count). The molecule has 0 saturated carbocycles. The Balaban J connectivity index is 2.16. The lowest BCUT2D eigenvalue weighted by molar-refractivity contribution is 0.177. The van der Waals surface area contributed by atoms with Crippen LogP contribution in [0.5, 0.6) is 5.75 Å². The molecule has 0 radical (unpaired) electrons. The molecule has 4 heteroatoms. The zero-order chi connectivity index (χ0) is 12.3. The number of hydrogen-bond donors (Lipinski definition) is 1. The van der Waals surface area contributed by atoms with Gasteiger partial charge in [-0.15, -0.1) is 0 Å². The van der Waals surface area contributed by atoms with Crippen molar-refractivity contribution in [2.75, 3.05) is 7.11 Å². The highest BCUT2D eigenvalue weighted by Crippen LogP contribution is 2.24. The van der Waals surface area contributed by atoms with Crippen LogP contribution in [0.2, 0.25) is 0 Å². The van der Waals surface area contributed by atoms with Crippen molar-refractivity contribution < 1.29 is 18.7 Å². The normalized spacial score (nSPS) is 12.4. The summed E-state index contributed by atoms with van der Waals surface area (Å²) >= 11 is 0. The van der Waals surface area contributed by atoms with Gasteiger partial charge in [0.05, 0.1) is 25.7 Å². The van der Waals surface area contributed by atoms with Crippen molar-refractivity contribution in [1.82, 2.24) is 0 Å². The van der Waals surface area contributed by atoms with Crippen molar-refractivity contribution in [1.29, 1.82) is 0 Å². The Morgan fingerprint density at radius 3 is 2.88 bits per heavy atom. The van der Waals surface area contributed by atoms with Crippen LogP contribution in [0, 0.1) is 5.82 Å². The van der Waals surface area contributed by atoms with Crippen LogP contribution < -0.4 is 4.74 Å². The van der Waals surface area contributed by atoms with E-state index in [1.54, 1.807) is 24.7 Å². The first-order valence-electron chi connectivity index (χ1n) is 5.23. The number of rotatable bonds is 4. The van der Waals surface area contributed by atoms with Gasteiger partial charge in [0.25, 0.3) is 0 Å². The lowest BCUT2D eigenvalue weighted by atomic mass is 10.0. The lowest BCUT2D eigenvalue weighted by Gasteiger charge is -2.11. The third-order valence-corrected chi connectivity index (χ3v) is 2.57. The van der Waals surface area contributed by atoms with Crippen LogP contribution in [-0.2, 0) is 6.42 Å². The summed E-state index contributed by atoms with van der Waals surface area (Å²) in [6, 6.07) is 6.11. The third kappa shape index (κ3) is 2.65. The molecule has 3 nitrogen and oxygen atoms in total. The SMILES string of the molecule is COc1cc(C(O)Cc2ccoc2)ccc1F. The minimum atomic E-state index is -0.706. The van der Waals surface area contributed by atoms with Crippen molar-refractivity contribution >= 4 is 0 Å². The predicted molar refractivity (Wildman–Crippen MR) is 60.3 cm³/mol. The lowest BCUT2D eigenvalue weighted by Crippen LogP contribution is -2.02. The molecule has 1 atom stereocenters. The van der Waals surface area contributed by atoms with Gasteiger partial charge in [0.15, 0.2) is 11.6 Å². The summed E-state index contributed by atoms with van der Waals surface area (Å²) in [5.74, 6) is -0.305.